The van der Waals surface area contributed by atoms with Crippen LogP contribution in [0.5, 0.6) is 0 Å². The van der Waals surface area contributed by atoms with Crippen LogP contribution in [0.15, 0.2) is 23.1 Å². The van der Waals surface area contributed by atoms with Crippen LogP contribution in [0.2, 0.25) is 0 Å². The molecule has 1 rings (SSSR count). The summed E-state index contributed by atoms with van der Waals surface area (Å²) in [5, 5.41) is 11.1. The molecule has 0 spiro atoms. The van der Waals surface area contributed by atoms with E-state index < -0.39 is 23.4 Å². The second kappa shape index (κ2) is 10.5. The predicted molar refractivity (Wildman–Crippen MR) is 101 cm³/mol. The monoisotopic (exact) mass is 397 g/mol. The minimum Gasteiger partial charge on any atom is -0.452 e. The molecular weight excluding hydrogens is 374 g/mol. The summed E-state index contributed by atoms with van der Waals surface area (Å²) < 4.78 is 4.93. The lowest BCUT2D eigenvalue weighted by atomic mass is 10.2. The highest BCUT2D eigenvalue weighted by molar-refractivity contribution is 7.98. The largest absolute Gasteiger partial charge is 0.452 e. The highest BCUT2D eigenvalue weighted by atomic mass is 32.2. The van der Waals surface area contributed by atoms with Gasteiger partial charge in [-0.05, 0) is 32.2 Å². The first-order valence-electron chi connectivity index (χ1n) is 8.26. The van der Waals surface area contributed by atoms with Crippen LogP contribution in [0.25, 0.3) is 0 Å². The molecule has 0 fully saturated rings. The molecule has 9 nitrogen and oxygen atoms in total. The lowest BCUT2D eigenvalue weighted by Gasteiger charge is -2.23. The van der Waals surface area contributed by atoms with Gasteiger partial charge in [-0.1, -0.05) is 0 Å². The Morgan fingerprint density at radius 3 is 2.33 bits per heavy atom. The normalized spacial score (nSPS) is 10.2. The summed E-state index contributed by atoms with van der Waals surface area (Å²) in [4.78, 5) is 49.8. The third kappa shape index (κ3) is 6.24. The smallest absolute Gasteiger partial charge is 0.338 e. The fourth-order valence-corrected chi connectivity index (χ4v) is 2.79. The van der Waals surface area contributed by atoms with Crippen molar-refractivity contribution in [2.24, 2.45) is 0 Å². The first kappa shape index (κ1) is 22.4. The Bertz CT molecular complexity index is 721. The summed E-state index contributed by atoms with van der Waals surface area (Å²) in [6.45, 7) is 4.08. The quantitative estimate of drug-likeness (QED) is 0.270. The average molecular weight is 397 g/mol. The summed E-state index contributed by atoms with van der Waals surface area (Å²) in [7, 11) is 1.44. The maximum atomic E-state index is 12.1. The first-order valence-corrected chi connectivity index (χ1v) is 9.48. The van der Waals surface area contributed by atoms with Gasteiger partial charge in [0, 0.05) is 26.2 Å². The summed E-state index contributed by atoms with van der Waals surface area (Å²) in [6.07, 6.45) is 1.69. The molecule has 0 aromatic heterocycles. The Morgan fingerprint density at radius 2 is 1.81 bits per heavy atom. The molecule has 0 bridgehead atoms. The van der Waals surface area contributed by atoms with Gasteiger partial charge in [0.2, 0.25) is 5.91 Å². The SMILES string of the molecule is CCN(CC)C(=O)CN(C)C(=O)COC(=O)c1ccc(SC)c([N+](=O)[O-])c1. The number of nitro groups is 1. The summed E-state index contributed by atoms with van der Waals surface area (Å²) in [6, 6.07) is 3.97. The van der Waals surface area contributed by atoms with Gasteiger partial charge in [0.05, 0.1) is 21.9 Å². The number of ether oxygens (including phenoxy) is 1. The van der Waals surface area contributed by atoms with Crippen molar-refractivity contribution in [1.82, 2.24) is 9.80 Å². The number of carbonyl (C=O) groups is 3. The van der Waals surface area contributed by atoms with Crippen molar-refractivity contribution in [2.45, 2.75) is 18.7 Å². The van der Waals surface area contributed by atoms with Gasteiger partial charge in [0.1, 0.15) is 0 Å². The molecule has 0 unspecified atom stereocenters. The molecule has 2 amide bonds. The van der Waals surface area contributed by atoms with E-state index in [0.717, 1.165) is 6.07 Å². The van der Waals surface area contributed by atoms with Gasteiger partial charge in [-0.2, -0.15) is 0 Å². The molecule has 0 aliphatic heterocycles. The maximum absolute atomic E-state index is 12.1. The van der Waals surface area contributed by atoms with Crippen molar-refractivity contribution in [1.29, 1.82) is 0 Å². The standard InChI is InChI=1S/C17H23N3O6S/c1-5-19(6-2)15(21)10-18(3)16(22)11-26-17(23)12-7-8-14(27-4)13(9-12)20(24)25/h7-9H,5-6,10-11H2,1-4H3. The molecule has 148 valence electrons. The lowest BCUT2D eigenvalue weighted by Crippen LogP contribution is -2.42. The van der Waals surface area contributed by atoms with Crippen LogP contribution in [0.4, 0.5) is 5.69 Å². The molecule has 0 N–H and O–H groups in total. The van der Waals surface area contributed by atoms with Crippen molar-refractivity contribution in [3.05, 3.63) is 33.9 Å². The molecule has 10 heteroatoms. The average Bonchev–Trinajstić information content (AvgIpc) is 2.65. The number of thioether (sulfide) groups is 1. The number of nitro benzene ring substituents is 1. The van der Waals surface area contributed by atoms with Crippen LogP contribution in [-0.4, -0.2) is 72.1 Å². The molecule has 0 saturated heterocycles. The molecule has 27 heavy (non-hydrogen) atoms. The van der Waals surface area contributed by atoms with E-state index in [1.165, 1.54) is 35.8 Å². The van der Waals surface area contributed by atoms with Crippen molar-refractivity contribution in [3.63, 3.8) is 0 Å². The Morgan fingerprint density at radius 1 is 1.19 bits per heavy atom. The Labute approximate surface area is 161 Å². The number of esters is 1. The van der Waals surface area contributed by atoms with Gasteiger partial charge < -0.3 is 14.5 Å². The minimum atomic E-state index is -0.845. The van der Waals surface area contributed by atoms with Gasteiger partial charge >= 0.3 is 5.97 Å². The topological polar surface area (TPSA) is 110 Å². The third-order valence-electron chi connectivity index (χ3n) is 3.85. The molecule has 0 saturated carbocycles. The highest BCUT2D eigenvalue weighted by Crippen LogP contribution is 2.28. The van der Waals surface area contributed by atoms with E-state index >= 15 is 0 Å². The van der Waals surface area contributed by atoms with Crippen LogP contribution in [0, 0.1) is 10.1 Å². The predicted octanol–water partition coefficient (Wildman–Crippen LogP) is 1.80. The molecule has 0 radical (unpaired) electrons. The van der Waals surface area contributed by atoms with Crippen LogP contribution in [0.3, 0.4) is 0 Å². The number of carbonyl (C=O) groups excluding carboxylic acids is 3. The molecule has 1 aromatic carbocycles. The van der Waals surface area contributed by atoms with Crippen molar-refractivity contribution in [3.8, 4) is 0 Å². The number of likely N-dealkylation sites (N-methyl/N-ethyl adjacent to an activating group) is 2. The van der Waals surface area contributed by atoms with Crippen LogP contribution < -0.4 is 0 Å². The highest BCUT2D eigenvalue weighted by Gasteiger charge is 2.20. The number of hydrogen-bond donors (Lipinski definition) is 0. The fraction of sp³-hybridized carbons (Fsp3) is 0.471. The zero-order chi connectivity index (χ0) is 20.6. The summed E-state index contributed by atoms with van der Waals surface area (Å²) >= 11 is 1.19. The molecule has 1 aromatic rings. The molecule has 0 heterocycles. The lowest BCUT2D eigenvalue weighted by molar-refractivity contribution is -0.387. The molecule has 0 atom stereocenters. The van der Waals surface area contributed by atoms with Crippen molar-refractivity contribution >= 4 is 35.2 Å². The van der Waals surface area contributed by atoms with Gasteiger partial charge in [0.15, 0.2) is 6.61 Å². The fourth-order valence-electron chi connectivity index (χ4n) is 2.25. The minimum absolute atomic E-state index is 0.0193. The molecular formula is C17H23N3O6S. The zero-order valence-corrected chi connectivity index (χ0v) is 16.6. The summed E-state index contributed by atoms with van der Waals surface area (Å²) in [5.41, 5.74) is -0.223. The van der Waals surface area contributed by atoms with E-state index in [0.29, 0.717) is 18.0 Å². The van der Waals surface area contributed by atoms with E-state index in [4.69, 9.17) is 4.74 Å². The maximum Gasteiger partial charge on any atom is 0.338 e. The van der Waals surface area contributed by atoms with E-state index in [1.807, 2.05) is 13.8 Å². The van der Waals surface area contributed by atoms with Crippen LogP contribution >= 0.6 is 11.8 Å². The van der Waals surface area contributed by atoms with E-state index in [-0.39, 0.29) is 23.7 Å². The first-order chi connectivity index (χ1) is 12.7. The molecule has 0 aliphatic rings. The van der Waals surface area contributed by atoms with Gasteiger partial charge in [-0.25, -0.2) is 4.79 Å². The second-order valence-corrected chi connectivity index (χ2v) is 6.38. The van der Waals surface area contributed by atoms with E-state index in [2.05, 4.69) is 0 Å². The van der Waals surface area contributed by atoms with Gasteiger partial charge in [0.25, 0.3) is 11.6 Å². The van der Waals surface area contributed by atoms with E-state index in [9.17, 15) is 24.5 Å². The van der Waals surface area contributed by atoms with Crippen LogP contribution in [-0.2, 0) is 14.3 Å². The number of rotatable bonds is 9. The Balaban J connectivity index is 2.68. The van der Waals surface area contributed by atoms with E-state index in [1.54, 1.807) is 11.2 Å². The number of amides is 2. The number of hydrogen-bond acceptors (Lipinski definition) is 7. The Kier molecular flexibility index (Phi) is 8.73. The van der Waals surface area contributed by atoms with Crippen LogP contribution in [0.1, 0.15) is 24.2 Å². The van der Waals surface area contributed by atoms with Gasteiger partial charge in [-0.15, -0.1) is 11.8 Å². The zero-order valence-electron chi connectivity index (χ0n) is 15.8. The number of benzene rings is 1. The third-order valence-corrected chi connectivity index (χ3v) is 4.64. The van der Waals surface area contributed by atoms with Crippen molar-refractivity contribution in [2.75, 3.05) is 39.5 Å². The number of nitrogens with zero attached hydrogens (tertiary/aromatic N) is 3. The summed E-state index contributed by atoms with van der Waals surface area (Å²) in [5.74, 6) is -1.59. The second-order valence-electron chi connectivity index (χ2n) is 5.54. The molecule has 0 aliphatic carbocycles. The van der Waals surface area contributed by atoms with Crippen molar-refractivity contribution < 1.29 is 24.0 Å². The Hall–Kier alpha value is -2.62. The van der Waals surface area contributed by atoms with Gasteiger partial charge in [-0.3, -0.25) is 19.7 Å².